The lowest BCUT2D eigenvalue weighted by Crippen LogP contribution is -2.39. The normalized spacial score (nSPS) is 21.5. The van der Waals surface area contributed by atoms with Crippen LogP contribution in [0.5, 0.6) is 11.5 Å². The number of allylic oxidation sites excluding steroid dienone is 2. The smallest absolute Gasteiger partial charge is 0.315 e. The van der Waals surface area contributed by atoms with Gasteiger partial charge in [0.15, 0.2) is 17.3 Å². The van der Waals surface area contributed by atoms with Gasteiger partial charge < -0.3 is 14.6 Å². The molecule has 0 fully saturated rings. The first-order valence-corrected chi connectivity index (χ1v) is 11.6. The van der Waals surface area contributed by atoms with Gasteiger partial charge in [0.25, 0.3) is 0 Å². The number of benzene rings is 2. The maximum atomic E-state index is 13.4. The zero-order valence-corrected chi connectivity index (χ0v) is 20.1. The summed E-state index contributed by atoms with van der Waals surface area (Å²) in [6, 6.07) is 14.8. The van der Waals surface area contributed by atoms with Crippen LogP contribution < -0.4 is 4.74 Å². The summed E-state index contributed by atoms with van der Waals surface area (Å²) in [6.45, 7) is 6.16. The molecule has 0 bridgehead atoms. The van der Waals surface area contributed by atoms with E-state index in [2.05, 4.69) is 13.8 Å². The molecular weight excluding hydrogens is 430 g/mol. The van der Waals surface area contributed by atoms with Crippen molar-refractivity contribution < 1.29 is 24.2 Å². The van der Waals surface area contributed by atoms with Gasteiger partial charge in [0.2, 0.25) is 0 Å². The Bertz CT molecular complexity index is 1160. The van der Waals surface area contributed by atoms with Crippen LogP contribution in [0.25, 0.3) is 0 Å². The van der Waals surface area contributed by atoms with E-state index in [1.807, 2.05) is 37.3 Å². The second kappa shape index (κ2) is 9.45. The Morgan fingerprint density at radius 1 is 1.15 bits per heavy atom. The number of aromatic hydroxyl groups is 1. The van der Waals surface area contributed by atoms with Crippen molar-refractivity contribution in [2.24, 2.45) is 16.3 Å². The summed E-state index contributed by atoms with van der Waals surface area (Å²) in [4.78, 5) is 31.5. The maximum Gasteiger partial charge on any atom is 0.315 e. The molecule has 0 spiro atoms. The minimum atomic E-state index is -0.743. The Morgan fingerprint density at radius 2 is 1.88 bits per heavy atom. The van der Waals surface area contributed by atoms with Gasteiger partial charge in [0.1, 0.15) is 5.92 Å². The predicted octanol–water partition coefficient (Wildman–Crippen LogP) is 5.00. The Balaban J connectivity index is 1.69. The molecule has 4 rings (SSSR count). The minimum Gasteiger partial charge on any atom is -0.504 e. The number of rotatable bonds is 6. The first kappa shape index (κ1) is 23.7. The lowest BCUT2D eigenvalue weighted by molar-refractivity contribution is -0.146. The van der Waals surface area contributed by atoms with E-state index in [0.29, 0.717) is 41.9 Å². The van der Waals surface area contributed by atoms with Crippen molar-refractivity contribution in [1.29, 1.82) is 0 Å². The highest BCUT2D eigenvalue weighted by atomic mass is 16.5. The topological polar surface area (TPSA) is 85.2 Å². The Kier molecular flexibility index (Phi) is 6.60. The summed E-state index contributed by atoms with van der Waals surface area (Å²) >= 11 is 0. The molecule has 1 N–H and O–H groups in total. The molecule has 1 aliphatic carbocycles. The van der Waals surface area contributed by atoms with Crippen LogP contribution in [-0.2, 0) is 20.7 Å². The number of nitrogens with zero attached hydrogens (tertiary/aromatic N) is 1. The fourth-order valence-electron chi connectivity index (χ4n) is 5.01. The first-order chi connectivity index (χ1) is 16.2. The number of Topliss-reactive ketones (excluding diaryl/α,β-unsaturated/α-hetero) is 1. The number of aliphatic imine (C=N–C) groups is 1. The van der Waals surface area contributed by atoms with Crippen molar-refractivity contribution >= 4 is 17.5 Å². The molecule has 2 aromatic carbocycles. The number of ether oxygens (including phenoxy) is 2. The van der Waals surface area contributed by atoms with Crippen LogP contribution in [-0.4, -0.2) is 36.3 Å². The van der Waals surface area contributed by atoms with E-state index in [0.717, 1.165) is 11.3 Å². The minimum absolute atomic E-state index is 0.00936. The number of phenols is 1. The van der Waals surface area contributed by atoms with E-state index < -0.39 is 17.8 Å². The second-order valence-electron chi connectivity index (χ2n) is 9.84. The molecule has 1 unspecified atom stereocenters. The summed E-state index contributed by atoms with van der Waals surface area (Å²) in [6.07, 6.45) is 1.64. The Morgan fingerprint density at radius 3 is 2.56 bits per heavy atom. The lowest BCUT2D eigenvalue weighted by Gasteiger charge is -2.39. The van der Waals surface area contributed by atoms with Crippen LogP contribution >= 0.6 is 0 Å². The highest BCUT2D eigenvalue weighted by Gasteiger charge is 2.46. The van der Waals surface area contributed by atoms with Crippen LogP contribution in [0.2, 0.25) is 0 Å². The molecule has 2 aliphatic rings. The molecule has 0 amide bonds. The van der Waals surface area contributed by atoms with Gasteiger partial charge in [0.05, 0.1) is 13.7 Å². The number of ketones is 1. The quantitative estimate of drug-likeness (QED) is 0.612. The van der Waals surface area contributed by atoms with Gasteiger partial charge in [-0.1, -0.05) is 50.2 Å². The van der Waals surface area contributed by atoms with Gasteiger partial charge in [-0.3, -0.25) is 14.6 Å². The first-order valence-electron chi connectivity index (χ1n) is 11.6. The number of phenolic OH excluding ortho intramolecular Hbond substituents is 1. The Labute approximate surface area is 200 Å². The molecule has 34 heavy (non-hydrogen) atoms. The fraction of sp³-hybridized carbons (Fsp3) is 0.393. The van der Waals surface area contributed by atoms with Gasteiger partial charge in [-0.2, -0.15) is 0 Å². The summed E-state index contributed by atoms with van der Waals surface area (Å²) in [5.41, 5.74) is 3.45. The molecule has 1 heterocycles. The van der Waals surface area contributed by atoms with Gasteiger partial charge >= 0.3 is 5.97 Å². The highest BCUT2D eigenvalue weighted by molar-refractivity contribution is 6.09. The monoisotopic (exact) mass is 461 g/mol. The van der Waals surface area contributed by atoms with Crippen LogP contribution in [0.3, 0.4) is 0 Å². The average molecular weight is 462 g/mol. The Hall–Kier alpha value is -3.41. The van der Waals surface area contributed by atoms with Crippen molar-refractivity contribution in [3.05, 3.63) is 70.9 Å². The van der Waals surface area contributed by atoms with Crippen molar-refractivity contribution in [3.63, 3.8) is 0 Å². The third kappa shape index (κ3) is 4.76. The number of hydrogen-bond acceptors (Lipinski definition) is 6. The van der Waals surface area contributed by atoms with Crippen LogP contribution in [0.15, 0.2) is 64.8 Å². The number of hydrogen-bond donors (Lipinski definition) is 1. The van der Waals surface area contributed by atoms with Crippen molar-refractivity contribution in [2.75, 3.05) is 13.7 Å². The second-order valence-corrected chi connectivity index (χ2v) is 9.84. The average Bonchev–Trinajstić information content (AvgIpc) is 2.77. The fourth-order valence-corrected chi connectivity index (χ4v) is 5.01. The van der Waals surface area contributed by atoms with E-state index in [-0.39, 0.29) is 23.6 Å². The van der Waals surface area contributed by atoms with Gasteiger partial charge in [-0.05, 0) is 42.0 Å². The van der Waals surface area contributed by atoms with E-state index >= 15 is 0 Å². The molecule has 1 aliphatic heterocycles. The molecule has 0 saturated carbocycles. The van der Waals surface area contributed by atoms with Crippen LogP contribution in [0, 0.1) is 11.3 Å². The summed E-state index contributed by atoms with van der Waals surface area (Å²) in [7, 11) is 1.48. The van der Waals surface area contributed by atoms with Gasteiger partial charge in [-0.15, -0.1) is 0 Å². The van der Waals surface area contributed by atoms with Crippen LogP contribution in [0.1, 0.15) is 50.7 Å². The number of esters is 1. The molecule has 0 aromatic heterocycles. The molecule has 178 valence electrons. The summed E-state index contributed by atoms with van der Waals surface area (Å²) < 4.78 is 10.9. The maximum absolute atomic E-state index is 13.4. The molecule has 0 saturated heterocycles. The summed E-state index contributed by atoms with van der Waals surface area (Å²) in [5, 5.41) is 10.5. The third-order valence-electron chi connectivity index (χ3n) is 6.60. The summed E-state index contributed by atoms with van der Waals surface area (Å²) in [5.74, 6) is -1.45. The van der Waals surface area contributed by atoms with Crippen molar-refractivity contribution in [3.8, 4) is 11.5 Å². The lowest BCUT2D eigenvalue weighted by atomic mass is 9.67. The third-order valence-corrected chi connectivity index (χ3v) is 6.60. The molecule has 0 radical (unpaired) electrons. The molecule has 6 nitrogen and oxygen atoms in total. The number of carbonyl (C=O) groups excluding carboxylic acids is 2. The predicted molar refractivity (Wildman–Crippen MR) is 130 cm³/mol. The van der Waals surface area contributed by atoms with Crippen molar-refractivity contribution in [1.82, 2.24) is 0 Å². The van der Waals surface area contributed by atoms with E-state index in [4.69, 9.17) is 14.5 Å². The molecular formula is C28H31NO5. The highest BCUT2D eigenvalue weighted by Crippen LogP contribution is 2.48. The molecule has 2 atom stereocenters. The largest absolute Gasteiger partial charge is 0.504 e. The number of methoxy groups -OCH3 is 1. The van der Waals surface area contributed by atoms with E-state index in [9.17, 15) is 14.7 Å². The number of carbonyl (C=O) groups is 2. The van der Waals surface area contributed by atoms with Crippen LogP contribution in [0.4, 0.5) is 0 Å². The standard InChI is InChI=1S/C28H31NO5/c1-17-24(27(32)34-13-12-18-8-6-5-7-9-18)25(19-10-11-23(33-4)21(30)14-19)26-20(29-17)15-28(2,3)16-22(26)31/h5-11,14,24-25,30H,12-13,15-16H2,1-4H3/t24?,25-/m1/s1. The SMILES string of the molecule is COc1ccc([C@H]2C3=C(CC(C)(C)CC3=O)N=C(C)C2C(=O)OCCc2ccccc2)cc1O. The molecule has 6 heteroatoms. The van der Waals surface area contributed by atoms with E-state index in [1.165, 1.54) is 7.11 Å². The zero-order valence-electron chi connectivity index (χ0n) is 20.1. The zero-order chi connectivity index (χ0) is 24.5. The van der Waals surface area contributed by atoms with Crippen molar-refractivity contribution in [2.45, 2.75) is 46.0 Å². The van der Waals surface area contributed by atoms with E-state index in [1.54, 1.807) is 18.2 Å². The molecule has 2 aromatic rings. The van der Waals surface area contributed by atoms with Gasteiger partial charge in [0, 0.05) is 35.7 Å². The van der Waals surface area contributed by atoms with Gasteiger partial charge in [-0.25, -0.2) is 0 Å².